The van der Waals surface area contributed by atoms with Crippen LogP contribution in [0.5, 0.6) is 0 Å². The summed E-state index contributed by atoms with van der Waals surface area (Å²) in [5.74, 6) is -0.995. The Morgan fingerprint density at radius 3 is 2.67 bits per heavy atom. The number of anilines is 1. The van der Waals surface area contributed by atoms with Crippen molar-refractivity contribution < 1.29 is 19.2 Å². The lowest BCUT2D eigenvalue weighted by atomic mass is 9.95. The number of benzene rings is 2. The molecule has 0 saturated heterocycles. The van der Waals surface area contributed by atoms with E-state index in [9.17, 15) is 24.5 Å². The van der Waals surface area contributed by atoms with Crippen LogP contribution in [0.3, 0.4) is 0 Å². The number of rotatable bonds is 4. The molecule has 182 valence electrons. The highest BCUT2D eigenvalue weighted by atomic mass is 32.1. The van der Waals surface area contributed by atoms with Gasteiger partial charge in [0, 0.05) is 24.7 Å². The Kier molecular flexibility index (Phi) is 5.64. The highest BCUT2D eigenvalue weighted by Crippen LogP contribution is 2.35. The van der Waals surface area contributed by atoms with E-state index in [1.54, 1.807) is 45.2 Å². The van der Waals surface area contributed by atoms with Gasteiger partial charge in [-0.05, 0) is 25.5 Å². The molecule has 1 atom stereocenters. The first kappa shape index (κ1) is 23.4. The van der Waals surface area contributed by atoms with Gasteiger partial charge >= 0.3 is 5.97 Å². The molecule has 3 aromatic rings. The second kappa shape index (κ2) is 8.68. The number of thiazole rings is 1. The third-order valence-corrected chi connectivity index (χ3v) is 7.22. The minimum Gasteiger partial charge on any atom is -0.463 e. The number of carbonyl (C=O) groups excluding carboxylic acids is 2. The Balaban J connectivity index is 1.84. The topological polar surface area (TPSA) is 124 Å². The molecular weight excluding hydrogens is 484 g/mol. The number of fused-ring (bicyclic) bond motifs is 2. The summed E-state index contributed by atoms with van der Waals surface area (Å²) in [4.78, 5) is 57.3. The molecule has 10 nitrogen and oxygen atoms in total. The minimum absolute atomic E-state index is 0.101. The van der Waals surface area contributed by atoms with Gasteiger partial charge in [0.2, 0.25) is 0 Å². The molecule has 1 unspecified atom stereocenters. The molecule has 1 aromatic heterocycles. The monoisotopic (exact) mass is 504 g/mol. The van der Waals surface area contributed by atoms with Gasteiger partial charge in [-0.15, -0.1) is 0 Å². The molecule has 2 aromatic carbocycles. The summed E-state index contributed by atoms with van der Waals surface area (Å²) in [6, 6.07) is 11.9. The number of nitro groups is 1. The number of hydrogen-bond acceptors (Lipinski definition) is 8. The molecule has 36 heavy (non-hydrogen) atoms. The molecule has 0 N–H and O–H groups in total. The molecule has 1 amide bonds. The first-order valence-electron chi connectivity index (χ1n) is 11.1. The fourth-order valence-electron chi connectivity index (χ4n) is 4.56. The van der Waals surface area contributed by atoms with Gasteiger partial charge < -0.3 is 9.64 Å². The average Bonchev–Trinajstić information content (AvgIpc) is 3.31. The van der Waals surface area contributed by atoms with Gasteiger partial charge in [0.15, 0.2) is 4.80 Å². The molecule has 0 saturated carbocycles. The van der Waals surface area contributed by atoms with Gasteiger partial charge in [-0.3, -0.25) is 24.3 Å². The number of esters is 1. The Bertz CT molecular complexity index is 1680. The van der Waals surface area contributed by atoms with Crippen molar-refractivity contribution in [3.8, 4) is 0 Å². The molecule has 0 aliphatic carbocycles. The van der Waals surface area contributed by atoms with Crippen molar-refractivity contribution in [3.05, 3.63) is 101 Å². The van der Waals surface area contributed by atoms with E-state index in [-0.39, 0.29) is 38.7 Å². The van der Waals surface area contributed by atoms with Crippen LogP contribution in [0.25, 0.3) is 5.57 Å². The van der Waals surface area contributed by atoms with E-state index in [2.05, 4.69) is 4.99 Å². The van der Waals surface area contributed by atoms with Crippen molar-refractivity contribution in [1.29, 1.82) is 0 Å². The number of hydrogen-bond donors (Lipinski definition) is 0. The van der Waals surface area contributed by atoms with E-state index in [1.807, 2.05) is 6.07 Å². The molecular formula is C25H20N4O6S. The van der Waals surface area contributed by atoms with E-state index in [4.69, 9.17) is 4.74 Å². The number of likely N-dealkylation sites (N-methyl/N-ethyl adjacent to an activating group) is 1. The largest absolute Gasteiger partial charge is 0.463 e. The van der Waals surface area contributed by atoms with E-state index in [1.165, 1.54) is 27.7 Å². The highest BCUT2D eigenvalue weighted by Gasteiger charge is 2.36. The maximum Gasteiger partial charge on any atom is 0.338 e. The van der Waals surface area contributed by atoms with E-state index in [0.29, 0.717) is 22.5 Å². The lowest BCUT2D eigenvalue weighted by Gasteiger charge is -2.24. The number of nitrogens with zero attached hydrogens (tertiary/aromatic N) is 4. The summed E-state index contributed by atoms with van der Waals surface area (Å²) in [6.07, 6.45) is 0. The molecule has 2 aliphatic heterocycles. The van der Waals surface area contributed by atoms with E-state index < -0.39 is 22.5 Å². The Morgan fingerprint density at radius 1 is 1.19 bits per heavy atom. The maximum atomic E-state index is 13.9. The van der Waals surface area contributed by atoms with Gasteiger partial charge in [0.05, 0.1) is 40.1 Å². The average molecular weight is 505 g/mol. The van der Waals surface area contributed by atoms with Gasteiger partial charge in [0.1, 0.15) is 4.53 Å². The van der Waals surface area contributed by atoms with Crippen LogP contribution in [0.15, 0.2) is 69.6 Å². The molecule has 5 rings (SSSR count). The van der Waals surface area contributed by atoms with Crippen LogP contribution in [-0.4, -0.2) is 35.0 Å². The molecule has 0 radical (unpaired) electrons. The van der Waals surface area contributed by atoms with Crippen LogP contribution >= 0.6 is 11.3 Å². The van der Waals surface area contributed by atoms with Crippen LogP contribution in [0.1, 0.15) is 31.0 Å². The zero-order valence-corrected chi connectivity index (χ0v) is 20.4. The molecule has 2 aliphatic rings. The summed E-state index contributed by atoms with van der Waals surface area (Å²) < 4.78 is 6.75. The predicted molar refractivity (Wildman–Crippen MR) is 132 cm³/mol. The molecule has 0 fully saturated rings. The van der Waals surface area contributed by atoms with Crippen molar-refractivity contribution in [2.75, 3.05) is 18.6 Å². The fraction of sp³-hybridized carbons (Fsp3) is 0.200. The first-order chi connectivity index (χ1) is 17.2. The van der Waals surface area contributed by atoms with Crippen molar-refractivity contribution in [3.63, 3.8) is 0 Å². The summed E-state index contributed by atoms with van der Waals surface area (Å²) in [7, 11) is 1.64. The van der Waals surface area contributed by atoms with Gasteiger partial charge in [-0.2, -0.15) is 0 Å². The number of para-hydroxylation sites is 1. The Morgan fingerprint density at radius 2 is 1.94 bits per heavy atom. The molecule has 11 heteroatoms. The number of nitro benzene ring substituents is 1. The quantitative estimate of drug-likeness (QED) is 0.304. The number of amides is 1. The first-order valence-corrected chi connectivity index (χ1v) is 11.9. The molecule has 0 bridgehead atoms. The minimum atomic E-state index is -1.01. The van der Waals surface area contributed by atoms with Crippen molar-refractivity contribution >= 4 is 40.2 Å². The standard InChI is InChI=1S/C25H20N4O6S/c1-4-35-24(32)18-13(2)26-25-28(20(18)14-8-7-9-15(12-14)29(33)34)23(31)21(36-25)19-16-10-5-6-11-17(16)27(3)22(19)30/h5-12,20H,4H2,1-3H3/b21-19-. The Hall–Kier alpha value is -4.38. The summed E-state index contributed by atoms with van der Waals surface area (Å²) in [6.45, 7) is 3.39. The third-order valence-electron chi connectivity index (χ3n) is 6.17. The Labute approximate surface area is 208 Å². The second-order valence-corrected chi connectivity index (χ2v) is 9.21. The van der Waals surface area contributed by atoms with Crippen molar-refractivity contribution in [1.82, 2.24) is 4.57 Å². The maximum absolute atomic E-state index is 13.9. The zero-order valence-electron chi connectivity index (χ0n) is 19.5. The number of allylic oxidation sites excluding steroid dienone is 1. The van der Waals surface area contributed by atoms with Gasteiger partial charge in [-0.1, -0.05) is 41.7 Å². The molecule has 0 spiro atoms. The zero-order chi connectivity index (χ0) is 25.7. The van der Waals surface area contributed by atoms with E-state index >= 15 is 0 Å². The summed E-state index contributed by atoms with van der Waals surface area (Å²) >= 11 is 1.05. The van der Waals surface area contributed by atoms with Crippen molar-refractivity contribution in [2.45, 2.75) is 19.9 Å². The highest BCUT2D eigenvalue weighted by molar-refractivity contribution is 7.07. The van der Waals surface area contributed by atoms with E-state index in [0.717, 1.165) is 11.3 Å². The second-order valence-electron chi connectivity index (χ2n) is 8.23. The number of aromatic nitrogens is 1. The SMILES string of the molecule is CCOC(=O)C1=C(C)N=c2s/c(=C3\C(=O)N(C)c4ccccc43)c(=O)n2C1c1cccc([N+](=O)[O-])c1. The lowest BCUT2D eigenvalue weighted by Crippen LogP contribution is -2.40. The molecule has 3 heterocycles. The number of non-ortho nitro benzene ring substituents is 1. The summed E-state index contributed by atoms with van der Waals surface area (Å²) in [5.41, 5.74) is 1.66. The number of ether oxygens (including phenoxy) is 1. The van der Waals surface area contributed by atoms with Crippen molar-refractivity contribution in [2.24, 2.45) is 4.99 Å². The third kappa shape index (κ3) is 3.47. The van der Waals surface area contributed by atoms with Crippen LogP contribution in [0, 0.1) is 10.1 Å². The van der Waals surface area contributed by atoms with Crippen LogP contribution in [0.2, 0.25) is 0 Å². The smallest absolute Gasteiger partial charge is 0.338 e. The lowest BCUT2D eigenvalue weighted by molar-refractivity contribution is -0.384. The van der Waals surface area contributed by atoms with Crippen LogP contribution in [-0.2, 0) is 14.3 Å². The predicted octanol–water partition coefficient (Wildman–Crippen LogP) is 2.05. The van der Waals surface area contributed by atoms with Gasteiger partial charge in [0.25, 0.3) is 17.2 Å². The van der Waals surface area contributed by atoms with Crippen LogP contribution < -0.4 is 19.8 Å². The summed E-state index contributed by atoms with van der Waals surface area (Å²) in [5, 5.41) is 11.5. The fourth-order valence-corrected chi connectivity index (χ4v) is 5.69. The normalized spacial score (nSPS) is 18.0. The number of carbonyl (C=O) groups is 2. The van der Waals surface area contributed by atoms with Crippen LogP contribution in [0.4, 0.5) is 11.4 Å². The van der Waals surface area contributed by atoms with Gasteiger partial charge in [-0.25, -0.2) is 9.79 Å².